The summed E-state index contributed by atoms with van der Waals surface area (Å²) in [6, 6.07) is 5.05. The highest BCUT2D eigenvalue weighted by Crippen LogP contribution is 2.16. The van der Waals surface area contributed by atoms with Gasteiger partial charge in [-0.05, 0) is 19.4 Å². The molecule has 0 aliphatic rings. The van der Waals surface area contributed by atoms with Crippen LogP contribution in [0.2, 0.25) is 6.04 Å². The van der Waals surface area contributed by atoms with E-state index in [0.29, 0.717) is 0 Å². The van der Waals surface area contributed by atoms with Crippen LogP contribution in [-0.4, -0.2) is 30.1 Å². The van der Waals surface area contributed by atoms with Crippen LogP contribution in [-0.2, 0) is 19.8 Å². The molecule has 18 heavy (non-hydrogen) atoms. The van der Waals surface area contributed by atoms with Crippen LogP contribution in [0.5, 0.6) is 0 Å². The maximum Gasteiger partial charge on any atom is 0.500 e. The number of rotatable bonds is 8. The molecule has 1 aromatic rings. The standard InChI is InChI=1S/C13H24NO3Si/c1-13-8-7-10-14(12-13)9-5-6-11-18(15-2,16-3)17-4/h7-8,10,12H,5-6,9,11H2,1-4H3/q+1. The number of hydrogen-bond acceptors (Lipinski definition) is 3. The van der Waals surface area contributed by atoms with Crippen molar-refractivity contribution in [2.24, 2.45) is 0 Å². The number of pyridine rings is 1. The van der Waals surface area contributed by atoms with Gasteiger partial charge < -0.3 is 13.3 Å². The van der Waals surface area contributed by atoms with Gasteiger partial charge in [-0.2, -0.15) is 0 Å². The van der Waals surface area contributed by atoms with E-state index in [1.54, 1.807) is 21.3 Å². The first-order valence-corrected chi connectivity index (χ1v) is 8.20. The molecule has 0 unspecified atom stereocenters. The van der Waals surface area contributed by atoms with Gasteiger partial charge >= 0.3 is 8.80 Å². The molecular formula is C13H24NO3Si+. The van der Waals surface area contributed by atoms with Gasteiger partial charge in [-0.1, -0.05) is 0 Å². The SMILES string of the molecule is CO[Si](CCCC[n+]1cccc(C)c1)(OC)OC. The van der Waals surface area contributed by atoms with Crippen molar-refractivity contribution in [1.29, 1.82) is 0 Å². The molecule has 0 aliphatic carbocycles. The van der Waals surface area contributed by atoms with Crippen LogP contribution >= 0.6 is 0 Å². The summed E-state index contributed by atoms with van der Waals surface area (Å²) in [4.78, 5) is 0. The van der Waals surface area contributed by atoms with Gasteiger partial charge in [0.15, 0.2) is 12.4 Å². The predicted molar refractivity (Wildman–Crippen MR) is 72.2 cm³/mol. The van der Waals surface area contributed by atoms with Gasteiger partial charge in [-0.25, -0.2) is 4.57 Å². The summed E-state index contributed by atoms with van der Waals surface area (Å²) in [6.07, 6.45) is 6.40. The zero-order chi connectivity index (χ0) is 13.4. The minimum Gasteiger partial charge on any atom is -0.377 e. The Morgan fingerprint density at radius 1 is 1.11 bits per heavy atom. The molecule has 0 spiro atoms. The van der Waals surface area contributed by atoms with Gasteiger partial charge in [0.25, 0.3) is 0 Å². The molecule has 0 aliphatic heterocycles. The van der Waals surface area contributed by atoms with Gasteiger partial charge in [0, 0.05) is 45.4 Å². The molecular weight excluding hydrogens is 246 g/mol. The van der Waals surface area contributed by atoms with Crippen molar-refractivity contribution >= 4 is 8.80 Å². The van der Waals surface area contributed by atoms with Gasteiger partial charge in [0.05, 0.1) is 0 Å². The Balaban J connectivity index is 2.34. The molecule has 0 saturated heterocycles. The molecule has 0 radical (unpaired) electrons. The molecule has 1 aromatic heterocycles. The van der Waals surface area contributed by atoms with Gasteiger partial charge in [0.2, 0.25) is 0 Å². The van der Waals surface area contributed by atoms with Crippen LogP contribution in [0, 0.1) is 6.92 Å². The molecule has 0 atom stereocenters. The van der Waals surface area contributed by atoms with Gasteiger partial charge in [0.1, 0.15) is 6.54 Å². The molecule has 0 amide bonds. The lowest BCUT2D eigenvalue weighted by Gasteiger charge is -2.23. The number of nitrogens with zero attached hydrogens (tertiary/aromatic N) is 1. The Bertz CT molecular complexity index is 348. The fourth-order valence-corrected chi connectivity index (χ4v) is 3.78. The van der Waals surface area contributed by atoms with E-state index in [1.807, 2.05) is 0 Å². The third kappa shape index (κ3) is 4.49. The summed E-state index contributed by atoms with van der Waals surface area (Å²) in [5.41, 5.74) is 1.28. The van der Waals surface area contributed by atoms with Crippen LogP contribution in [0.3, 0.4) is 0 Å². The lowest BCUT2D eigenvalue weighted by atomic mass is 10.3. The average molecular weight is 270 g/mol. The van der Waals surface area contributed by atoms with E-state index < -0.39 is 8.80 Å². The van der Waals surface area contributed by atoms with Crippen LogP contribution in [0.4, 0.5) is 0 Å². The van der Waals surface area contributed by atoms with E-state index in [4.69, 9.17) is 13.3 Å². The van der Waals surface area contributed by atoms with Crippen LogP contribution in [0.15, 0.2) is 24.5 Å². The predicted octanol–water partition coefficient (Wildman–Crippen LogP) is 1.94. The zero-order valence-corrected chi connectivity index (χ0v) is 12.8. The lowest BCUT2D eigenvalue weighted by molar-refractivity contribution is -0.697. The van der Waals surface area contributed by atoms with Crippen LogP contribution in [0.25, 0.3) is 0 Å². The maximum atomic E-state index is 5.40. The van der Waals surface area contributed by atoms with Crippen LogP contribution in [0.1, 0.15) is 18.4 Å². The van der Waals surface area contributed by atoms with Crippen molar-refractivity contribution < 1.29 is 17.8 Å². The summed E-state index contributed by atoms with van der Waals surface area (Å²) < 4.78 is 18.4. The van der Waals surface area contributed by atoms with E-state index >= 15 is 0 Å². The highest BCUT2D eigenvalue weighted by atomic mass is 28.4. The number of aromatic nitrogens is 1. The topological polar surface area (TPSA) is 31.6 Å². The smallest absolute Gasteiger partial charge is 0.377 e. The normalized spacial score (nSPS) is 11.8. The summed E-state index contributed by atoms with van der Waals surface area (Å²) in [5.74, 6) is 0. The zero-order valence-electron chi connectivity index (χ0n) is 11.8. The fraction of sp³-hybridized carbons (Fsp3) is 0.615. The second kappa shape index (κ2) is 7.63. The first-order valence-electron chi connectivity index (χ1n) is 6.27. The number of hydrogen-bond donors (Lipinski definition) is 0. The molecule has 0 saturated carbocycles. The van der Waals surface area contributed by atoms with Crippen molar-refractivity contribution in [3.63, 3.8) is 0 Å². The highest BCUT2D eigenvalue weighted by Gasteiger charge is 2.36. The molecule has 1 heterocycles. The fourth-order valence-electron chi connectivity index (χ4n) is 1.98. The quantitative estimate of drug-likeness (QED) is 0.411. The van der Waals surface area contributed by atoms with E-state index in [-0.39, 0.29) is 0 Å². The summed E-state index contributed by atoms with van der Waals surface area (Å²) in [5, 5.41) is 0. The largest absolute Gasteiger partial charge is 0.500 e. The summed E-state index contributed by atoms with van der Waals surface area (Å²) >= 11 is 0. The summed E-state index contributed by atoms with van der Waals surface area (Å²) in [6.45, 7) is 3.12. The number of unbranched alkanes of at least 4 members (excludes halogenated alkanes) is 1. The molecule has 0 aromatic carbocycles. The van der Waals surface area contributed by atoms with Crippen molar-refractivity contribution in [3.8, 4) is 0 Å². The highest BCUT2D eigenvalue weighted by molar-refractivity contribution is 6.60. The Hall–Kier alpha value is -0.753. The van der Waals surface area contributed by atoms with E-state index in [0.717, 1.165) is 25.4 Å². The number of aryl methyl sites for hydroxylation is 2. The van der Waals surface area contributed by atoms with Crippen molar-refractivity contribution in [1.82, 2.24) is 0 Å². The lowest BCUT2D eigenvalue weighted by Crippen LogP contribution is -2.42. The van der Waals surface area contributed by atoms with E-state index in [2.05, 4.69) is 36.0 Å². The Morgan fingerprint density at radius 2 is 1.78 bits per heavy atom. The first kappa shape index (κ1) is 15.3. The van der Waals surface area contributed by atoms with Crippen molar-refractivity contribution in [2.45, 2.75) is 32.4 Å². The minimum absolute atomic E-state index is 0.864. The third-order valence-electron chi connectivity index (χ3n) is 3.09. The maximum absolute atomic E-state index is 5.40. The van der Waals surface area contributed by atoms with Crippen molar-refractivity contribution in [3.05, 3.63) is 30.1 Å². The molecule has 0 N–H and O–H groups in total. The monoisotopic (exact) mass is 270 g/mol. The van der Waals surface area contributed by atoms with Gasteiger partial charge in [-0.3, -0.25) is 0 Å². The van der Waals surface area contributed by atoms with E-state index in [1.165, 1.54) is 5.56 Å². The average Bonchev–Trinajstić information content (AvgIpc) is 2.40. The molecule has 0 bridgehead atoms. The Morgan fingerprint density at radius 3 is 2.33 bits per heavy atom. The second-order valence-corrected chi connectivity index (χ2v) is 7.46. The Labute approximate surface area is 111 Å². The summed E-state index contributed by atoms with van der Waals surface area (Å²) in [7, 11) is 2.61. The molecule has 102 valence electrons. The Kier molecular flexibility index (Phi) is 6.49. The minimum atomic E-state index is -2.38. The van der Waals surface area contributed by atoms with E-state index in [9.17, 15) is 0 Å². The first-order chi connectivity index (χ1) is 8.65. The van der Waals surface area contributed by atoms with Gasteiger partial charge in [-0.15, -0.1) is 0 Å². The molecule has 5 heteroatoms. The van der Waals surface area contributed by atoms with Crippen LogP contribution < -0.4 is 4.57 Å². The van der Waals surface area contributed by atoms with Crippen molar-refractivity contribution in [2.75, 3.05) is 21.3 Å². The molecule has 4 nitrogen and oxygen atoms in total. The molecule has 0 fully saturated rings. The second-order valence-electron chi connectivity index (χ2n) is 4.37. The third-order valence-corrected chi connectivity index (χ3v) is 5.92. The molecule has 1 rings (SSSR count).